The van der Waals surface area contributed by atoms with Gasteiger partial charge in [-0.15, -0.1) is 0 Å². The van der Waals surface area contributed by atoms with Gasteiger partial charge in [0.1, 0.15) is 17.6 Å². The van der Waals surface area contributed by atoms with Crippen LogP contribution in [0.5, 0.6) is 28.7 Å². The Labute approximate surface area is 259 Å². The van der Waals surface area contributed by atoms with E-state index in [9.17, 15) is 9.59 Å². The Morgan fingerprint density at radius 3 is 2.56 bits per heavy atom. The summed E-state index contributed by atoms with van der Waals surface area (Å²) < 4.78 is 57.0. The lowest BCUT2D eigenvalue weighted by atomic mass is 9.80. The number of ether oxygens (including phenoxy) is 4. The Kier molecular flexibility index (Phi) is 6.38. The average Bonchev–Trinajstić information content (AvgIpc) is 3.68. The number of primary amides is 1. The summed E-state index contributed by atoms with van der Waals surface area (Å²) in [5.41, 5.74) is 4.59. The predicted molar refractivity (Wildman–Crippen MR) is 157 cm³/mol. The van der Waals surface area contributed by atoms with Gasteiger partial charge in [0.05, 0.1) is 36.0 Å². The molecule has 4 aromatic rings. The molecule has 2 fully saturated rings. The van der Waals surface area contributed by atoms with Gasteiger partial charge in [0.2, 0.25) is 17.4 Å². The minimum atomic E-state index is -1.10. The first-order chi connectivity index (χ1) is 21.8. The number of hydrogen-bond donors (Lipinski definition) is 2. The van der Waals surface area contributed by atoms with Crippen molar-refractivity contribution in [1.29, 1.82) is 0 Å². The predicted octanol–water partition coefficient (Wildman–Crippen LogP) is 4.99. The van der Waals surface area contributed by atoms with Crippen LogP contribution in [-0.4, -0.2) is 41.5 Å². The second-order valence-electron chi connectivity index (χ2n) is 11.5. The number of carbonyl (C=O) groups is 1. The molecule has 5 heterocycles. The van der Waals surface area contributed by atoms with Gasteiger partial charge in [-0.05, 0) is 31.0 Å². The molecule has 3 N–H and O–H groups in total. The first-order valence-electron chi connectivity index (χ1n) is 14.5. The smallest absolute Gasteiger partial charge is 0.314 e. The standard InChI is InChI=1S/C32H25ClF2N4O6/c33-26-19(34)10-20-18(11-32(45-20,23-7-4-8-37-23)15-5-2-1-3-6-15)24(26)25-17(30(36)40)9-21-28(27(25)35)44-29-22(43-21)12-38-39(31(29)41)16-13-42-14-16/h1-3,5-6,9-10,12,16,23,37H,4,7-8,11,13-14H2,(H2,36,40)/t23-,32-/m0/s1. The number of nitrogens with one attached hydrogen (secondary N) is 1. The molecule has 1 aromatic heterocycles. The summed E-state index contributed by atoms with van der Waals surface area (Å²) >= 11 is 6.62. The van der Waals surface area contributed by atoms with Crippen LogP contribution in [0.3, 0.4) is 0 Å². The number of benzene rings is 3. The number of nitrogens with two attached hydrogens (primary N) is 1. The number of amides is 1. The summed E-state index contributed by atoms with van der Waals surface area (Å²) in [5.74, 6) is -3.89. The number of nitrogens with zero attached hydrogens (tertiary/aromatic N) is 2. The molecule has 0 aliphatic carbocycles. The van der Waals surface area contributed by atoms with Crippen molar-refractivity contribution >= 4 is 17.5 Å². The molecule has 10 nitrogen and oxygen atoms in total. The molecule has 8 rings (SSSR count). The second kappa shape index (κ2) is 10.3. The molecule has 0 saturated carbocycles. The van der Waals surface area contributed by atoms with Crippen LogP contribution < -0.4 is 30.8 Å². The molecule has 0 unspecified atom stereocenters. The summed E-state index contributed by atoms with van der Waals surface area (Å²) in [5, 5.41) is 7.20. The zero-order chi connectivity index (χ0) is 31.0. The molecule has 2 atom stereocenters. The van der Waals surface area contributed by atoms with Gasteiger partial charge in [-0.3, -0.25) is 9.59 Å². The van der Waals surface area contributed by atoms with Crippen LogP contribution in [0.1, 0.15) is 40.4 Å². The van der Waals surface area contributed by atoms with Crippen LogP contribution in [-0.2, 0) is 16.8 Å². The molecule has 0 spiro atoms. The van der Waals surface area contributed by atoms with Crippen LogP contribution in [0.15, 0.2) is 53.5 Å². The first-order valence-corrected chi connectivity index (χ1v) is 14.9. The molecule has 2 saturated heterocycles. The quantitative estimate of drug-likeness (QED) is 0.277. The Bertz CT molecular complexity index is 1960. The molecule has 4 aliphatic heterocycles. The highest BCUT2D eigenvalue weighted by Gasteiger charge is 2.50. The number of carbonyl (C=O) groups excluding carboxylic acids is 1. The summed E-state index contributed by atoms with van der Waals surface area (Å²) in [6.45, 7) is 1.35. The van der Waals surface area contributed by atoms with Gasteiger partial charge in [0.15, 0.2) is 22.9 Å². The van der Waals surface area contributed by atoms with Crippen molar-refractivity contribution in [3.63, 3.8) is 0 Å². The molecule has 3 aromatic carbocycles. The summed E-state index contributed by atoms with van der Waals surface area (Å²) in [6.07, 6.45) is 3.16. The summed E-state index contributed by atoms with van der Waals surface area (Å²) in [7, 11) is 0. The number of aromatic nitrogens is 2. The molecular formula is C32H25ClF2N4O6. The van der Waals surface area contributed by atoms with Gasteiger partial charge in [-0.2, -0.15) is 5.10 Å². The van der Waals surface area contributed by atoms with Crippen molar-refractivity contribution in [2.24, 2.45) is 5.73 Å². The fourth-order valence-corrected chi connectivity index (χ4v) is 6.95. The fourth-order valence-electron chi connectivity index (χ4n) is 6.69. The van der Waals surface area contributed by atoms with Crippen LogP contribution in [0.25, 0.3) is 11.1 Å². The molecule has 4 aliphatic rings. The van der Waals surface area contributed by atoms with Crippen LogP contribution in [0.2, 0.25) is 5.02 Å². The van der Waals surface area contributed by atoms with Crippen molar-refractivity contribution in [2.45, 2.75) is 36.9 Å². The molecule has 13 heteroatoms. The van der Waals surface area contributed by atoms with Crippen molar-refractivity contribution < 1.29 is 32.5 Å². The Hall–Kier alpha value is -4.52. The van der Waals surface area contributed by atoms with Gasteiger partial charge in [-0.25, -0.2) is 13.5 Å². The van der Waals surface area contributed by atoms with Crippen LogP contribution in [0.4, 0.5) is 8.78 Å². The lowest BCUT2D eigenvalue weighted by Gasteiger charge is -2.35. The van der Waals surface area contributed by atoms with Crippen LogP contribution in [0, 0.1) is 11.6 Å². The van der Waals surface area contributed by atoms with E-state index >= 15 is 8.78 Å². The van der Waals surface area contributed by atoms with E-state index in [1.165, 1.54) is 23.0 Å². The van der Waals surface area contributed by atoms with E-state index in [-0.39, 0.29) is 71.4 Å². The zero-order valence-corrected chi connectivity index (χ0v) is 24.3. The molecule has 45 heavy (non-hydrogen) atoms. The average molecular weight is 635 g/mol. The number of halogens is 3. The number of hydrogen-bond acceptors (Lipinski definition) is 8. The lowest BCUT2D eigenvalue weighted by molar-refractivity contribution is -0.0312. The largest absolute Gasteiger partial charge is 0.480 e. The van der Waals surface area contributed by atoms with Gasteiger partial charge in [0.25, 0.3) is 0 Å². The molecule has 0 bridgehead atoms. The van der Waals surface area contributed by atoms with E-state index in [2.05, 4.69) is 10.4 Å². The minimum absolute atomic E-state index is 0.0682. The second-order valence-corrected chi connectivity index (χ2v) is 11.9. The number of fused-ring (bicyclic) bond motifs is 3. The first kappa shape index (κ1) is 28.0. The van der Waals surface area contributed by atoms with Gasteiger partial charge in [-0.1, -0.05) is 41.9 Å². The third kappa shape index (κ3) is 4.16. The molecule has 0 radical (unpaired) electrons. The van der Waals surface area contributed by atoms with Crippen molar-refractivity contribution in [2.75, 3.05) is 19.8 Å². The highest BCUT2D eigenvalue weighted by molar-refractivity contribution is 6.34. The van der Waals surface area contributed by atoms with Crippen molar-refractivity contribution in [1.82, 2.24) is 15.1 Å². The van der Waals surface area contributed by atoms with Crippen molar-refractivity contribution in [3.05, 3.63) is 92.4 Å². The third-order valence-corrected chi connectivity index (χ3v) is 9.29. The monoisotopic (exact) mass is 634 g/mol. The number of rotatable bonds is 5. The van der Waals surface area contributed by atoms with Crippen molar-refractivity contribution in [3.8, 4) is 39.9 Å². The van der Waals surface area contributed by atoms with E-state index in [1.54, 1.807) is 0 Å². The maximum absolute atomic E-state index is 16.8. The van der Waals surface area contributed by atoms with E-state index in [4.69, 9.17) is 36.3 Å². The molecule has 1 amide bonds. The Morgan fingerprint density at radius 1 is 1.07 bits per heavy atom. The third-order valence-electron chi connectivity index (χ3n) is 8.92. The Balaban J connectivity index is 1.31. The normalized spacial score (nSPS) is 21.5. The minimum Gasteiger partial charge on any atom is -0.480 e. The lowest BCUT2D eigenvalue weighted by Crippen LogP contribution is -2.48. The van der Waals surface area contributed by atoms with Gasteiger partial charge in [0, 0.05) is 29.2 Å². The maximum Gasteiger partial charge on any atom is 0.314 e. The van der Waals surface area contributed by atoms with Gasteiger partial charge >= 0.3 is 5.56 Å². The van der Waals surface area contributed by atoms with E-state index in [0.29, 0.717) is 5.56 Å². The SMILES string of the molecule is NC(=O)c1cc2c(c(F)c1-c1c(Cl)c(F)cc3c1C[C@](c1ccccc1)([C@@H]1CCCN1)O3)Oc1c(cnn(C3COC3)c1=O)O2. The molecule has 230 valence electrons. The summed E-state index contributed by atoms with van der Waals surface area (Å²) in [6, 6.07) is 11.4. The Morgan fingerprint density at radius 2 is 1.87 bits per heavy atom. The highest BCUT2D eigenvalue weighted by atomic mass is 35.5. The highest BCUT2D eigenvalue weighted by Crippen LogP contribution is 2.55. The van der Waals surface area contributed by atoms with E-state index in [0.717, 1.165) is 24.9 Å². The van der Waals surface area contributed by atoms with E-state index < -0.39 is 39.5 Å². The van der Waals surface area contributed by atoms with Crippen LogP contribution >= 0.6 is 11.6 Å². The maximum atomic E-state index is 16.8. The summed E-state index contributed by atoms with van der Waals surface area (Å²) in [4.78, 5) is 26.1. The molecular weight excluding hydrogens is 610 g/mol. The fraction of sp³-hybridized carbons (Fsp3) is 0.281. The topological polar surface area (TPSA) is 127 Å². The van der Waals surface area contributed by atoms with Gasteiger partial charge < -0.3 is 30.0 Å². The zero-order valence-electron chi connectivity index (χ0n) is 23.6. The van der Waals surface area contributed by atoms with E-state index in [1.807, 2.05) is 30.3 Å².